The van der Waals surface area contributed by atoms with Crippen molar-refractivity contribution in [2.24, 2.45) is 11.8 Å². The molecule has 0 saturated carbocycles. The molecular formula is C15H21NO4. The molecule has 1 aromatic rings. The summed E-state index contributed by atoms with van der Waals surface area (Å²) in [5, 5.41) is 9.15. The van der Waals surface area contributed by atoms with Gasteiger partial charge in [-0.1, -0.05) is 13.8 Å². The van der Waals surface area contributed by atoms with Gasteiger partial charge in [0.2, 0.25) is 0 Å². The maximum atomic E-state index is 12.4. The summed E-state index contributed by atoms with van der Waals surface area (Å²) in [5.41, 5.74) is 0.968. The zero-order valence-corrected chi connectivity index (χ0v) is 12.2. The molecule has 1 aromatic heterocycles. The van der Waals surface area contributed by atoms with E-state index in [1.54, 1.807) is 11.0 Å². The summed E-state index contributed by atoms with van der Waals surface area (Å²) in [4.78, 5) is 25.2. The minimum Gasteiger partial charge on any atom is -0.481 e. The van der Waals surface area contributed by atoms with Crippen LogP contribution < -0.4 is 0 Å². The van der Waals surface area contributed by atoms with Crippen molar-refractivity contribution in [1.29, 1.82) is 0 Å². The second-order valence-corrected chi connectivity index (χ2v) is 5.66. The van der Waals surface area contributed by atoms with Crippen molar-refractivity contribution in [3.63, 3.8) is 0 Å². The van der Waals surface area contributed by atoms with Crippen LogP contribution in [0.25, 0.3) is 0 Å². The molecule has 1 saturated heterocycles. The number of amides is 1. The highest BCUT2D eigenvalue weighted by atomic mass is 16.4. The Morgan fingerprint density at radius 1 is 1.45 bits per heavy atom. The van der Waals surface area contributed by atoms with Gasteiger partial charge in [-0.15, -0.1) is 0 Å². The van der Waals surface area contributed by atoms with E-state index in [0.717, 1.165) is 17.7 Å². The van der Waals surface area contributed by atoms with Crippen molar-refractivity contribution in [2.45, 2.75) is 33.6 Å². The van der Waals surface area contributed by atoms with Crippen LogP contribution >= 0.6 is 0 Å². The van der Waals surface area contributed by atoms with Crippen LogP contribution in [0.5, 0.6) is 0 Å². The van der Waals surface area contributed by atoms with Crippen LogP contribution in [0.15, 0.2) is 10.5 Å². The van der Waals surface area contributed by atoms with Gasteiger partial charge in [-0.05, 0) is 30.9 Å². The van der Waals surface area contributed by atoms with Crippen LogP contribution in [0.4, 0.5) is 0 Å². The van der Waals surface area contributed by atoms with Gasteiger partial charge in [0.15, 0.2) is 5.76 Å². The van der Waals surface area contributed by atoms with Gasteiger partial charge in [0.05, 0.1) is 5.92 Å². The fourth-order valence-corrected chi connectivity index (χ4v) is 2.83. The number of likely N-dealkylation sites (tertiary alicyclic amines) is 1. The number of carbonyl (C=O) groups is 2. The molecule has 20 heavy (non-hydrogen) atoms. The number of hydrogen-bond acceptors (Lipinski definition) is 3. The Morgan fingerprint density at radius 2 is 2.15 bits per heavy atom. The molecule has 5 nitrogen and oxygen atoms in total. The summed E-state index contributed by atoms with van der Waals surface area (Å²) in [6.07, 6.45) is 1.36. The summed E-state index contributed by atoms with van der Waals surface area (Å²) in [6.45, 7) is 6.71. The number of rotatable bonds is 3. The molecule has 0 aliphatic carbocycles. The number of carbonyl (C=O) groups excluding carboxylic acids is 1. The molecule has 1 fully saturated rings. The number of carboxylic acid groups (broad SMARTS) is 1. The second kappa shape index (κ2) is 5.69. The normalized spacial score (nSPS) is 22.9. The lowest BCUT2D eigenvalue weighted by molar-refractivity contribution is -0.143. The van der Waals surface area contributed by atoms with Crippen molar-refractivity contribution in [2.75, 3.05) is 13.1 Å². The first-order valence-electron chi connectivity index (χ1n) is 7.03. The van der Waals surface area contributed by atoms with Gasteiger partial charge in [0.25, 0.3) is 5.91 Å². The van der Waals surface area contributed by atoms with Crippen LogP contribution in [-0.2, 0) is 11.2 Å². The largest absolute Gasteiger partial charge is 0.481 e. The Bertz CT molecular complexity index is 520. The average molecular weight is 279 g/mol. The summed E-state index contributed by atoms with van der Waals surface area (Å²) in [7, 11) is 0. The van der Waals surface area contributed by atoms with Gasteiger partial charge in [-0.25, -0.2) is 0 Å². The molecular weight excluding hydrogens is 258 g/mol. The van der Waals surface area contributed by atoms with Crippen LogP contribution in [0.1, 0.15) is 42.1 Å². The lowest BCUT2D eigenvalue weighted by Crippen LogP contribution is -2.45. The van der Waals surface area contributed by atoms with Crippen molar-refractivity contribution in [3.8, 4) is 0 Å². The zero-order chi connectivity index (χ0) is 14.9. The molecule has 1 amide bonds. The number of furan rings is 1. The number of hydrogen-bond donors (Lipinski definition) is 1. The Morgan fingerprint density at radius 3 is 2.70 bits per heavy atom. The van der Waals surface area contributed by atoms with Crippen LogP contribution in [0.2, 0.25) is 0 Å². The highest BCUT2D eigenvalue weighted by Crippen LogP contribution is 2.24. The second-order valence-electron chi connectivity index (χ2n) is 5.66. The van der Waals surface area contributed by atoms with E-state index in [4.69, 9.17) is 9.52 Å². The van der Waals surface area contributed by atoms with Gasteiger partial charge in [0.1, 0.15) is 5.76 Å². The number of carboxylic acids is 1. The molecule has 2 atom stereocenters. The molecule has 1 N–H and O–H groups in total. The molecule has 0 spiro atoms. The third-order valence-corrected chi connectivity index (χ3v) is 3.85. The maximum absolute atomic E-state index is 12.4. The number of nitrogens with zero attached hydrogens (tertiary/aromatic N) is 1. The predicted molar refractivity (Wildman–Crippen MR) is 73.6 cm³/mol. The van der Waals surface area contributed by atoms with Crippen LogP contribution in [0.3, 0.4) is 0 Å². The van der Waals surface area contributed by atoms with E-state index in [1.165, 1.54) is 0 Å². The van der Waals surface area contributed by atoms with Gasteiger partial charge in [-0.2, -0.15) is 0 Å². The van der Waals surface area contributed by atoms with Crippen molar-refractivity contribution < 1.29 is 19.1 Å². The third kappa shape index (κ3) is 2.86. The minimum atomic E-state index is -0.834. The lowest BCUT2D eigenvalue weighted by atomic mass is 9.90. The number of piperidine rings is 1. The molecule has 2 heterocycles. The number of aliphatic carboxylic acids is 1. The maximum Gasteiger partial charge on any atom is 0.308 e. The average Bonchev–Trinajstić information content (AvgIpc) is 2.78. The highest BCUT2D eigenvalue weighted by molar-refractivity contribution is 5.92. The summed E-state index contributed by atoms with van der Waals surface area (Å²) in [5.74, 6) is -0.199. The summed E-state index contributed by atoms with van der Waals surface area (Å²) >= 11 is 0. The zero-order valence-electron chi connectivity index (χ0n) is 12.2. The minimum absolute atomic E-state index is 0.190. The van der Waals surface area contributed by atoms with Gasteiger partial charge >= 0.3 is 5.97 Å². The molecule has 2 unspecified atom stereocenters. The highest BCUT2D eigenvalue weighted by Gasteiger charge is 2.33. The van der Waals surface area contributed by atoms with Gasteiger partial charge in [-0.3, -0.25) is 9.59 Å². The van der Waals surface area contributed by atoms with E-state index >= 15 is 0 Å². The molecule has 5 heteroatoms. The first-order valence-corrected chi connectivity index (χ1v) is 7.03. The summed E-state index contributed by atoms with van der Waals surface area (Å²) < 4.78 is 5.57. The fraction of sp³-hybridized carbons (Fsp3) is 0.600. The molecule has 1 aliphatic rings. The van der Waals surface area contributed by atoms with E-state index in [1.807, 2.05) is 20.8 Å². The molecule has 110 valence electrons. The Kier molecular flexibility index (Phi) is 4.16. The smallest absolute Gasteiger partial charge is 0.308 e. The van der Waals surface area contributed by atoms with Crippen molar-refractivity contribution in [3.05, 3.63) is 23.2 Å². The van der Waals surface area contributed by atoms with Crippen molar-refractivity contribution in [1.82, 2.24) is 4.90 Å². The van der Waals surface area contributed by atoms with E-state index in [9.17, 15) is 9.59 Å². The first kappa shape index (κ1) is 14.6. The Balaban J connectivity index is 2.16. The van der Waals surface area contributed by atoms with Gasteiger partial charge in [0, 0.05) is 19.5 Å². The SMILES string of the molecule is CCc1oc(C(=O)N2CC(C)CC(C(=O)O)C2)cc1C. The fourth-order valence-electron chi connectivity index (χ4n) is 2.83. The Labute approximate surface area is 118 Å². The summed E-state index contributed by atoms with van der Waals surface area (Å²) in [6, 6.07) is 1.75. The molecule has 0 aromatic carbocycles. The van der Waals surface area contributed by atoms with E-state index in [-0.39, 0.29) is 18.4 Å². The molecule has 0 radical (unpaired) electrons. The molecule has 1 aliphatic heterocycles. The van der Waals surface area contributed by atoms with E-state index in [2.05, 4.69) is 0 Å². The first-order chi connectivity index (χ1) is 9.42. The topological polar surface area (TPSA) is 70.8 Å². The predicted octanol–water partition coefficient (Wildman–Crippen LogP) is 2.33. The third-order valence-electron chi connectivity index (χ3n) is 3.85. The molecule has 2 rings (SSSR count). The van der Waals surface area contributed by atoms with Crippen LogP contribution in [0, 0.1) is 18.8 Å². The van der Waals surface area contributed by atoms with E-state index < -0.39 is 11.9 Å². The van der Waals surface area contributed by atoms with Gasteiger partial charge < -0.3 is 14.4 Å². The number of aryl methyl sites for hydroxylation is 2. The monoisotopic (exact) mass is 279 g/mol. The Hall–Kier alpha value is -1.78. The van der Waals surface area contributed by atoms with Crippen LogP contribution in [-0.4, -0.2) is 35.0 Å². The standard InChI is InChI=1S/C15H21NO4/c1-4-12-10(3)6-13(20-12)14(17)16-7-9(2)5-11(8-16)15(18)19/h6,9,11H,4-5,7-8H2,1-3H3,(H,18,19). The lowest BCUT2D eigenvalue weighted by Gasteiger charge is -2.34. The van der Waals surface area contributed by atoms with Crippen molar-refractivity contribution >= 4 is 11.9 Å². The van der Waals surface area contributed by atoms with E-state index in [0.29, 0.717) is 18.7 Å². The molecule has 0 bridgehead atoms. The quantitative estimate of drug-likeness (QED) is 0.921.